The number of carboxylic acids is 1. The van der Waals surface area contributed by atoms with Gasteiger partial charge in [-0.1, -0.05) is 18.2 Å². The summed E-state index contributed by atoms with van der Waals surface area (Å²) in [5.41, 5.74) is 2.23. The summed E-state index contributed by atoms with van der Waals surface area (Å²) in [5.74, 6) is -3.08. The number of benzene rings is 3. The summed E-state index contributed by atoms with van der Waals surface area (Å²) in [4.78, 5) is 29.1. The number of anilines is 1. The van der Waals surface area contributed by atoms with E-state index in [4.69, 9.17) is 14.6 Å². The summed E-state index contributed by atoms with van der Waals surface area (Å²) in [5, 5.41) is 9.15. The number of ether oxygens (including phenoxy) is 2. The normalized spacial score (nSPS) is 17.7. The van der Waals surface area contributed by atoms with Gasteiger partial charge in [-0.25, -0.2) is 9.37 Å². The maximum absolute atomic E-state index is 14.1. The van der Waals surface area contributed by atoms with Gasteiger partial charge in [0, 0.05) is 34.9 Å². The molecule has 1 amide bonds. The van der Waals surface area contributed by atoms with Crippen LogP contribution < -0.4 is 14.4 Å². The van der Waals surface area contributed by atoms with Crippen LogP contribution in [0.15, 0.2) is 54.6 Å². The Morgan fingerprint density at radius 3 is 2.62 bits per heavy atom. The number of hydrogen-bond acceptors (Lipinski definition) is 5. The number of fused-ring (bicyclic) bond motifs is 3. The third-order valence-electron chi connectivity index (χ3n) is 7.14. The molecule has 1 N–H and O–H groups in total. The second kappa shape index (κ2) is 9.25. The number of carbonyl (C=O) groups is 2. The Hall–Kier alpha value is -4.61. The van der Waals surface area contributed by atoms with E-state index in [0.717, 1.165) is 0 Å². The van der Waals surface area contributed by atoms with Gasteiger partial charge in [-0.05, 0) is 31.2 Å². The first-order valence-electron chi connectivity index (χ1n) is 12.3. The monoisotopic (exact) mass is 555 g/mol. The molecule has 0 fully saturated rings. The van der Waals surface area contributed by atoms with Crippen LogP contribution in [0.25, 0.3) is 16.7 Å². The van der Waals surface area contributed by atoms with Crippen LogP contribution in [0.5, 0.6) is 11.5 Å². The minimum Gasteiger partial charge on any atom is -0.493 e. The van der Waals surface area contributed by atoms with Gasteiger partial charge in [0.25, 0.3) is 0 Å². The fourth-order valence-electron chi connectivity index (χ4n) is 5.45. The largest absolute Gasteiger partial charge is 0.493 e. The van der Waals surface area contributed by atoms with Crippen LogP contribution in [0.2, 0.25) is 0 Å². The highest BCUT2D eigenvalue weighted by molar-refractivity contribution is 5.98. The number of halogens is 4. The molecule has 12 heteroatoms. The Morgan fingerprint density at radius 1 is 1.07 bits per heavy atom. The zero-order valence-corrected chi connectivity index (χ0v) is 20.9. The van der Waals surface area contributed by atoms with Crippen LogP contribution >= 0.6 is 0 Å². The molecule has 0 bridgehead atoms. The van der Waals surface area contributed by atoms with Gasteiger partial charge < -0.3 is 14.6 Å². The summed E-state index contributed by atoms with van der Waals surface area (Å²) < 4.78 is 68.9. The maximum Gasteiger partial charge on any atom is 0.471 e. The van der Waals surface area contributed by atoms with Crippen LogP contribution in [0.1, 0.15) is 35.3 Å². The number of aromatic nitrogens is 2. The number of rotatable bonds is 5. The van der Waals surface area contributed by atoms with Gasteiger partial charge >= 0.3 is 18.1 Å². The molecule has 40 heavy (non-hydrogen) atoms. The van der Waals surface area contributed by atoms with Crippen LogP contribution in [-0.2, 0) is 9.59 Å². The minimum atomic E-state index is -5.19. The molecule has 0 saturated heterocycles. The molecule has 4 aromatic rings. The topological polar surface area (TPSA) is 93.9 Å². The number of carbonyl (C=O) groups excluding carboxylic acids is 1. The van der Waals surface area contributed by atoms with Crippen molar-refractivity contribution in [3.05, 3.63) is 77.4 Å². The predicted molar refractivity (Wildman–Crippen MR) is 134 cm³/mol. The Kier molecular flexibility index (Phi) is 5.93. The molecule has 0 saturated carbocycles. The molecule has 3 heterocycles. The van der Waals surface area contributed by atoms with E-state index >= 15 is 0 Å². The van der Waals surface area contributed by atoms with E-state index in [0.29, 0.717) is 38.6 Å². The van der Waals surface area contributed by atoms with Gasteiger partial charge in [0.2, 0.25) is 0 Å². The quantitative estimate of drug-likeness (QED) is 0.329. The number of alkyl halides is 3. The third-order valence-corrected chi connectivity index (χ3v) is 7.14. The predicted octanol–water partition coefficient (Wildman–Crippen LogP) is 5.45. The zero-order valence-electron chi connectivity index (χ0n) is 20.9. The van der Waals surface area contributed by atoms with Gasteiger partial charge in [0.1, 0.15) is 29.7 Å². The Morgan fingerprint density at radius 2 is 1.88 bits per heavy atom. The summed E-state index contributed by atoms with van der Waals surface area (Å²) >= 11 is 0. The molecule has 0 spiro atoms. The van der Waals surface area contributed by atoms with Gasteiger partial charge in [-0.15, -0.1) is 0 Å². The molecule has 3 aromatic carbocycles. The molecule has 6 rings (SSSR count). The summed E-state index contributed by atoms with van der Waals surface area (Å²) in [6.45, 7) is 1.51. The molecule has 2 atom stereocenters. The van der Waals surface area contributed by atoms with Crippen molar-refractivity contribution in [2.75, 3.05) is 18.1 Å². The Bertz CT molecular complexity index is 1680. The van der Waals surface area contributed by atoms with Crippen LogP contribution in [0.3, 0.4) is 0 Å². The number of aryl methyl sites for hydroxylation is 1. The van der Waals surface area contributed by atoms with Crippen molar-refractivity contribution in [3.8, 4) is 17.2 Å². The highest BCUT2D eigenvalue weighted by Crippen LogP contribution is 2.46. The molecular formula is C28H21F4N3O5. The van der Waals surface area contributed by atoms with Crippen LogP contribution in [0.4, 0.5) is 23.2 Å². The first-order valence-corrected chi connectivity index (χ1v) is 12.3. The summed E-state index contributed by atoms with van der Waals surface area (Å²) in [6.07, 6.45) is -5.39. The molecule has 2 aliphatic rings. The molecule has 0 aliphatic carbocycles. The number of para-hydroxylation sites is 1. The van der Waals surface area contributed by atoms with E-state index in [-0.39, 0.29) is 36.8 Å². The minimum absolute atomic E-state index is 0.0653. The van der Waals surface area contributed by atoms with E-state index in [2.05, 4.69) is 4.98 Å². The SMILES string of the molecule is Cc1nc2ccc(F)cc2n1-c1cccc2c1OC[C@@H]2N(C(=O)C(F)(F)F)c1ccc2c(c1)OC[C@H]2CC(=O)O. The van der Waals surface area contributed by atoms with Crippen molar-refractivity contribution in [3.63, 3.8) is 0 Å². The molecule has 1 aromatic heterocycles. The van der Waals surface area contributed by atoms with Crippen LogP contribution in [-0.4, -0.2) is 45.9 Å². The number of amides is 1. The number of imidazole rings is 1. The van der Waals surface area contributed by atoms with Gasteiger partial charge in [0.05, 0.1) is 35.8 Å². The molecule has 8 nitrogen and oxygen atoms in total. The van der Waals surface area contributed by atoms with E-state index in [1.165, 1.54) is 36.4 Å². The number of carboxylic acid groups (broad SMARTS) is 1. The molecule has 2 aliphatic heterocycles. The van der Waals surface area contributed by atoms with E-state index in [1.807, 2.05) is 0 Å². The fraction of sp³-hybridized carbons (Fsp3) is 0.250. The average molecular weight is 555 g/mol. The lowest BCUT2D eigenvalue weighted by Gasteiger charge is -2.29. The smallest absolute Gasteiger partial charge is 0.471 e. The first-order chi connectivity index (χ1) is 19.0. The third kappa shape index (κ3) is 4.19. The Labute approximate surface area is 224 Å². The highest BCUT2D eigenvalue weighted by Gasteiger charge is 2.48. The number of hydrogen-bond donors (Lipinski definition) is 1. The fourth-order valence-corrected chi connectivity index (χ4v) is 5.45. The van der Waals surface area contributed by atoms with Crippen molar-refractivity contribution in [1.82, 2.24) is 9.55 Å². The van der Waals surface area contributed by atoms with E-state index in [9.17, 15) is 27.2 Å². The lowest BCUT2D eigenvalue weighted by molar-refractivity contribution is -0.171. The average Bonchev–Trinajstić information content (AvgIpc) is 3.58. The summed E-state index contributed by atoms with van der Waals surface area (Å²) in [7, 11) is 0. The molecule has 0 radical (unpaired) electrons. The second-order valence-corrected chi connectivity index (χ2v) is 9.65. The van der Waals surface area contributed by atoms with E-state index in [1.54, 1.807) is 29.7 Å². The zero-order chi connectivity index (χ0) is 28.3. The Balaban J connectivity index is 1.45. The van der Waals surface area contributed by atoms with Crippen molar-refractivity contribution in [1.29, 1.82) is 0 Å². The number of nitrogens with zero attached hydrogens (tertiary/aromatic N) is 3. The van der Waals surface area contributed by atoms with Crippen molar-refractivity contribution in [2.45, 2.75) is 31.5 Å². The van der Waals surface area contributed by atoms with Gasteiger partial charge in [0.15, 0.2) is 0 Å². The van der Waals surface area contributed by atoms with Crippen molar-refractivity contribution >= 4 is 28.6 Å². The van der Waals surface area contributed by atoms with E-state index < -0.39 is 35.8 Å². The standard InChI is InChI=1S/C28H21F4N3O5/c1-14-33-20-8-5-16(29)10-22(20)34(14)21-4-2-3-19-23(13-40-26(19)21)35(27(38)28(30,31)32)17-6-7-18-15(9-25(36)37)12-39-24(18)11-17/h2-8,10-11,15,23H,9,12-13H2,1H3,(H,36,37)/t15-,23+/m1/s1. The van der Waals surface area contributed by atoms with Crippen molar-refractivity contribution < 1.29 is 41.7 Å². The second-order valence-electron chi connectivity index (χ2n) is 9.65. The van der Waals surface area contributed by atoms with Gasteiger partial charge in [-0.3, -0.25) is 19.1 Å². The lowest BCUT2D eigenvalue weighted by atomic mass is 9.97. The molecule has 0 unspecified atom stereocenters. The van der Waals surface area contributed by atoms with Gasteiger partial charge in [-0.2, -0.15) is 13.2 Å². The van der Waals surface area contributed by atoms with Crippen molar-refractivity contribution in [2.24, 2.45) is 0 Å². The number of aliphatic carboxylic acids is 1. The summed E-state index contributed by atoms with van der Waals surface area (Å²) in [6, 6.07) is 12.0. The van der Waals surface area contributed by atoms with Crippen LogP contribution in [0, 0.1) is 12.7 Å². The first kappa shape index (κ1) is 25.7. The highest BCUT2D eigenvalue weighted by atomic mass is 19.4. The lowest BCUT2D eigenvalue weighted by Crippen LogP contribution is -2.44. The maximum atomic E-state index is 14.1. The molecular weight excluding hydrogens is 534 g/mol. The molecule has 206 valence electrons.